The zero-order valence-corrected chi connectivity index (χ0v) is 16.8. The van der Waals surface area contributed by atoms with Crippen molar-refractivity contribution in [3.63, 3.8) is 0 Å². The molecule has 0 saturated carbocycles. The fourth-order valence-electron chi connectivity index (χ4n) is 3.26. The molecule has 2 aromatic heterocycles. The number of hydrogen-bond acceptors (Lipinski definition) is 4. The lowest BCUT2D eigenvalue weighted by molar-refractivity contribution is 0.477. The van der Waals surface area contributed by atoms with Gasteiger partial charge in [-0.3, -0.25) is 4.98 Å². The normalized spacial score (nSPS) is 11.4. The second kappa shape index (κ2) is 7.47. The van der Waals surface area contributed by atoms with Crippen LogP contribution in [0, 0.1) is 0 Å². The van der Waals surface area contributed by atoms with Crippen LogP contribution in [0.4, 0.5) is 0 Å². The SMILES string of the molecule is CC(C)(C)c1ccc(-c2cnc(-c3ccncc3)nc2-c2ccccc2O)cc1. The van der Waals surface area contributed by atoms with E-state index in [2.05, 4.69) is 55.0 Å². The molecule has 0 bridgehead atoms. The Balaban J connectivity index is 1.89. The number of rotatable bonds is 3. The van der Waals surface area contributed by atoms with Crippen LogP contribution in [0.15, 0.2) is 79.3 Å². The molecule has 2 heterocycles. The molecule has 0 unspecified atom stereocenters. The summed E-state index contributed by atoms with van der Waals surface area (Å²) < 4.78 is 0. The van der Waals surface area contributed by atoms with E-state index in [9.17, 15) is 5.11 Å². The minimum atomic E-state index is 0.0841. The number of nitrogens with zero attached hydrogens (tertiary/aromatic N) is 3. The Kier molecular flexibility index (Phi) is 4.85. The molecule has 2 aromatic carbocycles. The first-order chi connectivity index (χ1) is 13.9. The summed E-state index contributed by atoms with van der Waals surface area (Å²) in [6.45, 7) is 6.59. The Morgan fingerprint density at radius 1 is 0.759 bits per heavy atom. The number of aromatic hydroxyl groups is 1. The summed E-state index contributed by atoms with van der Waals surface area (Å²) in [7, 11) is 0. The Labute approximate surface area is 171 Å². The van der Waals surface area contributed by atoms with Crippen molar-refractivity contribution in [3.8, 4) is 39.5 Å². The van der Waals surface area contributed by atoms with E-state index in [-0.39, 0.29) is 11.2 Å². The van der Waals surface area contributed by atoms with Gasteiger partial charge in [-0.1, -0.05) is 57.2 Å². The van der Waals surface area contributed by atoms with Crippen LogP contribution < -0.4 is 0 Å². The summed E-state index contributed by atoms with van der Waals surface area (Å²) >= 11 is 0. The molecular formula is C25H23N3O. The van der Waals surface area contributed by atoms with Gasteiger partial charge in [0.15, 0.2) is 5.82 Å². The van der Waals surface area contributed by atoms with Crippen molar-refractivity contribution in [2.24, 2.45) is 0 Å². The number of hydrogen-bond donors (Lipinski definition) is 1. The minimum absolute atomic E-state index is 0.0841. The van der Waals surface area contributed by atoms with Crippen LogP contribution in [-0.4, -0.2) is 20.1 Å². The zero-order valence-electron chi connectivity index (χ0n) is 16.8. The third-order valence-corrected chi connectivity index (χ3v) is 4.95. The summed E-state index contributed by atoms with van der Waals surface area (Å²) in [5.74, 6) is 0.792. The van der Waals surface area contributed by atoms with E-state index >= 15 is 0 Å². The topological polar surface area (TPSA) is 58.9 Å². The van der Waals surface area contributed by atoms with Gasteiger partial charge in [0.2, 0.25) is 0 Å². The van der Waals surface area contributed by atoms with Gasteiger partial charge in [-0.05, 0) is 40.8 Å². The maximum Gasteiger partial charge on any atom is 0.159 e. The highest BCUT2D eigenvalue weighted by Crippen LogP contribution is 2.36. The maximum atomic E-state index is 10.5. The molecule has 0 amide bonds. The van der Waals surface area contributed by atoms with Crippen LogP contribution in [0.5, 0.6) is 5.75 Å². The van der Waals surface area contributed by atoms with Gasteiger partial charge in [-0.2, -0.15) is 0 Å². The monoisotopic (exact) mass is 381 g/mol. The third-order valence-electron chi connectivity index (χ3n) is 4.95. The summed E-state index contributed by atoms with van der Waals surface area (Å²) in [6, 6.07) is 19.5. The number of phenolic OH excluding ortho intramolecular Hbond substituents is 1. The fourth-order valence-corrected chi connectivity index (χ4v) is 3.26. The number of pyridine rings is 1. The van der Waals surface area contributed by atoms with Gasteiger partial charge in [-0.15, -0.1) is 0 Å². The maximum absolute atomic E-state index is 10.5. The van der Waals surface area contributed by atoms with Crippen LogP contribution >= 0.6 is 0 Å². The van der Waals surface area contributed by atoms with Gasteiger partial charge < -0.3 is 5.11 Å². The van der Waals surface area contributed by atoms with Gasteiger partial charge in [0.1, 0.15) is 5.75 Å². The lowest BCUT2D eigenvalue weighted by Crippen LogP contribution is -2.10. The fraction of sp³-hybridized carbons (Fsp3) is 0.160. The zero-order chi connectivity index (χ0) is 20.4. The molecule has 4 heteroatoms. The number of para-hydroxylation sites is 1. The summed E-state index contributed by atoms with van der Waals surface area (Å²) in [6.07, 6.45) is 5.27. The number of aromatic nitrogens is 3. The van der Waals surface area contributed by atoms with Gasteiger partial charge in [0, 0.05) is 35.3 Å². The van der Waals surface area contributed by atoms with Crippen molar-refractivity contribution in [2.75, 3.05) is 0 Å². The van der Waals surface area contributed by atoms with Crippen LogP contribution in [0.2, 0.25) is 0 Å². The summed E-state index contributed by atoms with van der Waals surface area (Å²) in [5, 5.41) is 10.5. The number of phenols is 1. The van der Waals surface area contributed by atoms with Crippen molar-refractivity contribution in [2.45, 2.75) is 26.2 Å². The molecule has 0 spiro atoms. The van der Waals surface area contributed by atoms with Crippen molar-refractivity contribution in [3.05, 3.63) is 84.8 Å². The standard InChI is InChI=1S/C25H23N3O/c1-25(2,3)19-10-8-17(9-11-19)21-16-27-24(18-12-14-26-15-13-18)28-23(21)20-6-4-5-7-22(20)29/h4-16,29H,1-3H3. The smallest absolute Gasteiger partial charge is 0.159 e. The Bertz CT molecular complexity index is 1130. The molecule has 4 rings (SSSR count). The minimum Gasteiger partial charge on any atom is -0.507 e. The van der Waals surface area contributed by atoms with Crippen molar-refractivity contribution >= 4 is 0 Å². The molecule has 0 aliphatic rings. The first-order valence-electron chi connectivity index (χ1n) is 9.60. The molecule has 144 valence electrons. The predicted octanol–water partition coefficient (Wildman–Crippen LogP) is 5.88. The summed E-state index contributed by atoms with van der Waals surface area (Å²) in [4.78, 5) is 13.5. The van der Waals surface area contributed by atoms with E-state index in [1.165, 1.54) is 5.56 Å². The predicted molar refractivity (Wildman–Crippen MR) is 116 cm³/mol. The van der Waals surface area contributed by atoms with Crippen molar-refractivity contribution in [1.29, 1.82) is 0 Å². The van der Waals surface area contributed by atoms with E-state index in [0.29, 0.717) is 17.1 Å². The molecular weight excluding hydrogens is 358 g/mol. The van der Waals surface area contributed by atoms with Gasteiger partial charge >= 0.3 is 0 Å². The second-order valence-corrected chi connectivity index (χ2v) is 8.04. The molecule has 0 aliphatic carbocycles. The molecule has 0 aliphatic heterocycles. The average Bonchev–Trinajstić information content (AvgIpc) is 2.74. The highest BCUT2D eigenvalue weighted by Gasteiger charge is 2.17. The summed E-state index contributed by atoms with van der Waals surface area (Å²) in [5.41, 5.74) is 5.50. The molecule has 4 nitrogen and oxygen atoms in total. The quantitative estimate of drug-likeness (QED) is 0.482. The first-order valence-corrected chi connectivity index (χ1v) is 9.60. The lowest BCUT2D eigenvalue weighted by Gasteiger charge is -2.19. The molecule has 29 heavy (non-hydrogen) atoms. The van der Waals surface area contributed by atoms with Gasteiger partial charge in [-0.25, -0.2) is 9.97 Å². The highest BCUT2D eigenvalue weighted by molar-refractivity contribution is 5.84. The van der Waals surface area contributed by atoms with E-state index in [1.54, 1.807) is 18.5 Å². The largest absolute Gasteiger partial charge is 0.507 e. The van der Waals surface area contributed by atoms with E-state index in [0.717, 1.165) is 16.7 Å². The molecule has 1 N–H and O–H groups in total. The Morgan fingerprint density at radius 3 is 2.10 bits per heavy atom. The second-order valence-electron chi connectivity index (χ2n) is 8.04. The van der Waals surface area contributed by atoms with E-state index in [4.69, 9.17) is 4.98 Å². The van der Waals surface area contributed by atoms with E-state index < -0.39 is 0 Å². The molecule has 0 atom stereocenters. The van der Waals surface area contributed by atoms with Crippen molar-refractivity contribution in [1.82, 2.24) is 15.0 Å². The molecule has 0 fully saturated rings. The van der Waals surface area contributed by atoms with Crippen LogP contribution in [0.25, 0.3) is 33.8 Å². The highest BCUT2D eigenvalue weighted by atomic mass is 16.3. The first kappa shape index (κ1) is 18.8. The van der Waals surface area contributed by atoms with Crippen LogP contribution in [-0.2, 0) is 5.41 Å². The number of benzene rings is 2. The van der Waals surface area contributed by atoms with Crippen molar-refractivity contribution < 1.29 is 5.11 Å². The molecule has 4 aromatic rings. The molecule has 0 saturated heterocycles. The Hall–Kier alpha value is -3.53. The van der Waals surface area contributed by atoms with Gasteiger partial charge in [0.25, 0.3) is 0 Å². The van der Waals surface area contributed by atoms with Gasteiger partial charge in [0.05, 0.1) is 5.69 Å². The van der Waals surface area contributed by atoms with E-state index in [1.807, 2.05) is 36.5 Å². The molecule has 0 radical (unpaired) electrons. The van der Waals surface area contributed by atoms with Crippen LogP contribution in [0.3, 0.4) is 0 Å². The Morgan fingerprint density at radius 2 is 1.45 bits per heavy atom. The average molecular weight is 381 g/mol. The third kappa shape index (κ3) is 3.87. The van der Waals surface area contributed by atoms with Crippen LogP contribution in [0.1, 0.15) is 26.3 Å². The lowest BCUT2D eigenvalue weighted by atomic mass is 9.86.